The first-order chi connectivity index (χ1) is 7.58. The van der Waals surface area contributed by atoms with Gasteiger partial charge in [0.1, 0.15) is 0 Å². The van der Waals surface area contributed by atoms with Crippen molar-refractivity contribution in [2.75, 3.05) is 0 Å². The topological polar surface area (TPSA) is 26.0 Å². The summed E-state index contributed by atoms with van der Waals surface area (Å²) in [6, 6.07) is 9.29. The summed E-state index contributed by atoms with van der Waals surface area (Å²) < 4.78 is 1.07. The van der Waals surface area contributed by atoms with Crippen molar-refractivity contribution < 1.29 is 0 Å². The van der Waals surface area contributed by atoms with Gasteiger partial charge in [-0.15, -0.1) is 11.3 Å². The molecule has 0 fully saturated rings. The SMILES string of the molecule is NC(c1ccc(Cl)c(Cl)c1)c1ccc(Br)s1. The third-order valence-corrected chi connectivity index (χ3v) is 4.65. The lowest BCUT2D eigenvalue weighted by Crippen LogP contribution is -2.09. The number of hydrogen-bond donors (Lipinski definition) is 1. The highest BCUT2D eigenvalue weighted by atomic mass is 79.9. The smallest absolute Gasteiger partial charge is 0.0702 e. The number of nitrogens with two attached hydrogens (primary N) is 1. The highest BCUT2D eigenvalue weighted by Gasteiger charge is 2.12. The molecule has 1 heterocycles. The van der Waals surface area contributed by atoms with Gasteiger partial charge in [0.05, 0.1) is 19.9 Å². The molecule has 0 aliphatic carbocycles. The third kappa shape index (κ3) is 2.60. The van der Waals surface area contributed by atoms with Crippen LogP contribution in [0.4, 0.5) is 0 Å². The average molecular weight is 337 g/mol. The first-order valence-corrected chi connectivity index (χ1v) is 6.90. The number of benzene rings is 1. The second kappa shape index (κ2) is 5.07. The van der Waals surface area contributed by atoms with Gasteiger partial charge in [-0.25, -0.2) is 0 Å². The molecule has 0 bridgehead atoms. The van der Waals surface area contributed by atoms with E-state index in [2.05, 4.69) is 15.9 Å². The van der Waals surface area contributed by atoms with Gasteiger partial charge in [0.2, 0.25) is 0 Å². The predicted molar refractivity (Wildman–Crippen MR) is 74.5 cm³/mol. The molecule has 0 aliphatic rings. The fourth-order valence-electron chi connectivity index (χ4n) is 1.37. The summed E-state index contributed by atoms with van der Waals surface area (Å²) >= 11 is 16.8. The molecule has 0 saturated carbocycles. The van der Waals surface area contributed by atoms with Crippen LogP contribution >= 0.6 is 50.5 Å². The highest BCUT2D eigenvalue weighted by Crippen LogP contribution is 2.32. The lowest BCUT2D eigenvalue weighted by molar-refractivity contribution is 0.894. The summed E-state index contributed by atoms with van der Waals surface area (Å²) in [6.07, 6.45) is 0. The van der Waals surface area contributed by atoms with Crippen molar-refractivity contribution in [3.63, 3.8) is 0 Å². The highest BCUT2D eigenvalue weighted by molar-refractivity contribution is 9.11. The van der Waals surface area contributed by atoms with Crippen molar-refractivity contribution in [3.05, 3.63) is 54.6 Å². The predicted octanol–water partition coefficient (Wildman–Crippen LogP) is 4.87. The molecule has 2 rings (SSSR count). The van der Waals surface area contributed by atoms with E-state index in [0.717, 1.165) is 14.2 Å². The summed E-state index contributed by atoms with van der Waals surface area (Å²) in [7, 11) is 0. The fraction of sp³-hybridized carbons (Fsp3) is 0.0909. The van der Waals surface area contributed by atoms with Crippen molar-refractivity contribution in [1.29, 1.82) is 0 Å². The van der Waals surface area contributed by atoms with Gasteiger partial charge in [0.15, 0.2) is 0 Å². The van der Waals surface area contributed by atoms with E-state index < -0.39 is 0 Å². The van der Waals surface area contributed by atoms with Crippen LogP contribution in [0, 0.1) is 0 Å². The molecule has 84 valence electrons. The zero-order valence-electron chi connectivity index (χ0n) is 8.08. The molecule has 2 N–H and O–H groups in total. The zero-order valence-corrected chi connectivity index (χ0v) is 12.0. The van der Waals surface area contributed by atoms with Crippen molar-refractivity contribution in [1.82, 2.24) is 0 Å². The number of thiophene rings is 1. The first-order valence-electron chi connectivity index (χ1n) is 4.53. The maximum atomic E-state index is 6.14. The van der Waals surface area contributed by atoms with Crippen LogP contribution in [-0.2, 0) is 0 Å². The Morgan fingerprint density at radius 1 is 1.12 bits per heavy atom. The summed E-state index contributed by atoms with van der Waals surface area (Å²) in [6.45, 7) is 0. The molecule has 5 heteroatoms. The van der Waals surface area contributed by atoms with E-state index in [1.54, 1.807) is 17.4 Å². The van der Waals surface area contributed by atoms with Gasteiger partial charge in [0, 0.05) is 4.88 Å². The molecule has 0 aliphatic heterocycles. The van der Waals surface area contributed by atoms with E-state index in [1.807, 2.05) is 24.3 Å². The maximum Gasteiger partial charge on any atom is 0.0702 e. The van der Waals surface area contributed by atoms with Gasteiger partial charge < -0.3 is 5.73 Å². The summed E-state index contributed by atoms with van der Waals surface area (Å²) in [5, 5.41) is 1.08. The quantitative estimate of drug-likeness (QED) is 0.832. The lowest BCUT2D eigenvalue weighted by atomic mass is 10.1. The monoisotopic (exact) mass is 335 g/mol. The molecule has 16 heavy (non-hydrogen) atoms. The van der Waals surface area contributed by atoms with Gasteiger partial charge >= 0.3 is 0 Å². The number of rotatable bonds is 2. The third-order valence-electron chi connectivity index (χ3n) is 2.20. The molecule has 2 aromatic rings. The molecule has 0 radical (unpaired) electrons. The Bertz CT molecular complexity index is 512. The van der Waals surface area contributed by atoms with Crippen LogP contribution < -0.4 is 5.73 Å². The van der Waals surface area contributed by atoms with Gasteiger partial charge in [-0.05, 0) is 45.8 Å². The maximum absolute atomic E-state index is 6.14. The van der Waals surface area contributed by atoms with Gasteiger partial charge in [0.25, 0.3) is 0 Å². The van der Waals surface area contributed by atoms with Crippen LogP contribution in [0.3, 0.4) is 0 Å². The molecule has 1 unspecified atom stereocenters. The standard InChI is InChI=1S/C11H8BrCl2NS/c12-10-4-3-9(16-10)11(15)6-1-2-7(13)8(14)5-6/h1-5,11H,15H2. The molecular formula is C11H8BrCl2NS. The second-order valence-corrected chi connectivity index (χ2v) is 6.60. The largest absolute Gasteiger partial charge is 0.320 e. The van der Waals surface area contributed by atoms with Crippen LogP contribution in [-0.4, -0.2) is 0 Å². The fourth-order valence-corrected chi connectivity index (χ4v) is 3.13. The molecule has 1 atom stereocenters. The van der Waals surface area contributed by atoms with Gasteiger partial charge in [-0.3, -0.25) is 0 Å². The van der Waals surface area contributed by atoms with E-state index in [-0.39, 0.29) is 6.04 Å². The van der Waals surface area contributed by atoms with Crippen LogP contribution in [0.15, 0.2) is 34.1 Å². The molecule has 0 spiro atoms. The number of halogens is 3. The van der Waals surface area contributed by atoms with E-state index in [1.165, 1.54) is 0 Å². The molecule has 1 nitrogen and oxygen atoms in total. The molecule has 1 aromatic carbocycles. The normalized spacial score (nSPS) is 12.8. The van der Waals surface area contributed by atoms with Crippen molar-refractivity contribution in [2.45, 2.75) is 6.04 Å². The number of hydrogen-bond acceptors (Lipinski definition) is 2. The second-order valence-electron chi connectivity index (χ2n) is 3.29. The minimum atomic E-state index is -0.161. The Morgan fingerprint density at radius 2 is 1.88 bits per heavy atom. The van der Waals surface area contributed by atoms with Crippen molar-refractivity contribution in [2.24, 2.45) is 5.73 Å². The summed E-state index contributed by atoms with van der Waals surface area (Å²) in [4.78, 5) is 1.09. The molecule has 0 saturated heterocycles. The van der Waals surface area contributed by atoms with Crippen molar-refractivity contribution in [3.8, 4) is 0 Å². The van der Waals surface area contributed by atoms with Crippen LogP contribution in [0.1, 0.15) is 16.5 Å². The minimum Gasteiger partial charge on any atom is -0.320 e. The van der Waals surface area contributed by atoms with Crippen molar-refractivity contribution >= 4 is 50.5 Å². The minimum absolute atomic E-state index is 0.161. The lowest BCUT2D eigenvalue weighted by Gasteiger charge is -2.10. The van der Waals surface area contributed by atoms with E-state index >= 15 is 0 Å². The Labute approximate surface area is 116 Å². The van der Waals surface area contributed by atoms with Crippen LogP contribution in [0.25, 0.3) is 0 Å². The Kier molecular flexibility index (Phi) is 3.93. The summed E-state index contributed by atoms with van der Waals surface area (Å²) in [5.41, 5.74) is 7.10. The van der Waals surface area contributed by atoms with Gasteiger partial charge in [-0.2, -0.15) is 0 Å². The average Bonchev–Trinajstić information content (AvgIpc) is 2.68. The molecular weight excluding hydrogens is 329 g/mol. The van der Waals surface area contributed by atoms with E-state index in [9.17, 15) is 0 Å². The zero-order chi connectivity index (χ0) is 11.7. The van der Waals surface area contributed by atoms with E-state index in [4.69, 9.17) is 28.9 Å². The van der Waals surface area contributed by atoms with Gasteiger partial charge in [-0.1, -0.05) is 29.3 Å². The Balaban J connectivity index is 2.33. The Morgan fingerprint density at radius 3 is 2.44 bits per heavy atom. The molecule has 0 amide bonds. The van der Waals surface area contributed by atoms with Crippen LogP contribution in [0.5, 0.6) is 0 Å². The Hall–Kier alpha value is -0.0600. The van der Waals surface area contributed by atoms with Crippen LogP contribution in [0.2, 0.25) is 10.0 Å². The van der Waals surface area contributed by atoms with E-state index in [0.29, 0.717) is 10.0 Å². The molecule has 1 aromatic heterocycles. The first kappa shape index (κ1) is 12.4. The summed E-state index contributed by atoms with van der Waals surface area (Å²) in [5.74, 6) is 0.